The van der Waals surface area contributed by atoms with E-state index in [0.717, 1.165) is 13.8 Å². The first-order chi connectivity index (χ1) is 11.9. The van der Waals surface area contributed by atoms with Crippen molar-refractivity contribution in [3.63, 3.8) is 0 Å². The van der Waals surface area contributed by atoms with Crippen LogP contribution in [-0.4, -0.2) is 34.9 Å². The molecule has 0 atom stereocenters. The molecular formula is C16H14Cl2N2O6. The summed E-state index contributed by atoms with van der Waals surface area (Å²) in [7, 11) is 0. The molecule has 0 aliphatic heterocycles. The molecule has 10 heteroatoms. The normalized spacial score (nSPS) is 10.3. The maximum Gasteiger partial charge on any atom is 0.251 e. The van der Waals surface area contributed by atoms with Crippen LogP contribution in [0.1, 0.15) is 68.1 Å². The maximum absolute atomic E-state index is 12.3. The Labute approximate surface area is 157 Å². The van der Waals surface area contributed by atoms with Crippen molar-refractivity contribution in [2.45, 2.75) is 26.7 Å². The highest BCUT2D eigenvalue weighted by atomic mass is 35.5. The number of ketones is 4. The van der Waals surface area contributed by atoms with Crippen LogP contribution in [0, 0.1) is 0 Å². The average Bonchev–Trinajstić information content (AvgIpc) is 2.45. The first-order valence-corrected chi connectivity index (χ1v) is 7.85. The van der Waals surface area contributed by atoms with Crippen LogP contribution < -0.4 is 11.5 Å². The Bertz CT molecular complexity index is 804. The van der Waals surface area contributed by atoms with E-state index < -0.39 is 80.1 Å². The zero-order valence-corrected chi connectivity index (χ0v) is 15.3. The van der Waals surface area contributed by atoms with Gasteiger partial charge in [0.15, 0.2) is 11.6 Å². The Morgan fingerprint density at radius 2 is 0.923 bits per heavy atom. The quantitative estimate of drug-likeness (QED) is 0.497. The van der Waals surface area contributed by atoms with Crippen LogP contribution in [0.2, 0.25) is 10.0 Å². The van der Waals surface area contributed by atoms with E-state index in [2.05, 4.69) is 0 Å². The van der Waals surface area contributed by atoms with Crippen molar-refractivity contribution in [2.75, 3.05) is 0 Å². The Morgan fingerprint density at radius 1 is 0.654 bits per heavy atom. The van der Waals surface area contributed by atoms with Crippen molar-refractivity contribution < 1.29 is 28.8 Å². The molecule has 0 aromatic heterocycles. The highest BCUT2D eigenvalue weighted by Crippen LogP contribution is 2.36. The number of hydrogen-bond donors (Lipinski definition) is 2. The summed E-state index contributed by atoms with van der Waals surface area (Å²) in [6, 6.07) is 0. The third-order valence-corrected chi connectivity index (χ3v) is 4.00. The van der Waals surface area contributed by atoms with Gasteiger partial charge in [-0.15, -0.1) is 0 Å². The van der Waals surface area contributed by atoms with E-state index >= 15 is 0 Å². The van der Waals surface area contributed by atoms with Crippen LogP contribution in [0.15, 0.2) is 0 Å². The van der Waals surface area contributed by atoms with E-state index in [1.165, 1.54) is 0 Å². The Morgan fingerprint density at radius 3 is 1.12 bits per heavy atom. The predicted octanol–water partition coefficient (Wildman–Crippen LogP) is 1.51. The fourth-order valence-electron chi connectivity index (χ4n) is 2.30. The predicted molar refractivity (Wildman–Crippen MR) is 92.8 cm³/mol. The summed E-state index contributed by atoms with van der Waals surface area (Å²) in [6.07, 6.45) is -1.29. The molecule has 0 unspecified atom stereocenters. The number of amides is 2. The first kappa shape index (κ1) is 21.5. The largest absolute Gasteiger partial charge is 0.366 e. The number of primary amides is 2. The lowest BCUT2D eigenvalue weighted by molar-refractivity contribution is -0.117. The topological polar surface area (TPSA) is 154 Å². The summed E-state index contributed by atoms with van der Waals surface area (Å²) < 4.78 is 0. The fourth-order valence-corrected chi connectivity index (χ4v) is 3.08. The summed E-state index contributed by atoms with van der Waals surface area (Å²) in [6.45, 7) is 2.24. The zero-order chi connectivity index (χ0) is 20.3. The van der Waals surface area contributed by atoms with Gasteiger partial charge in [0, 0.05) is 0 Å². The second kappa shape index (κ2) is 8.20. The molecule has 1 aromatic rings. The van der Waals surface area contributed by atoms with E-state index in [0.29, 0.717) is 0 Å². The minimum atomic E-state index is -1.21. The van der Waals surface area contributed by atoms with Crippen LogP contribution in [0.25, 0.3) is 0 Å². The molecule has 2 amide bonds. The van der Waals surface area contributed by atoms with Crippen molar-refractivity contribution >= 4 is 58.1 Å². The maximum atomic E-state index is 12.3. The van der Waals surface area contributed by atoms with E-state index in [1.807, 2.05) is 0 Å². The molecule has 0 radical (unpaired) electrons. The Balaban J connectivity index is 3.97. The fraction of sp³-hybridized carbons (Fsp3) is 0.250. The van der Waals surface area contributed by atoms with Gasteiger partial charge < -0.3 is 11.5 Å². The van der Waals surface area contributed by atoms with Crippen LogP contribution >= 0.6 is 23.2 Å². The SMILES string of the molecule is CC(=O)CC(=O)c1c(Cl)c(C(N)=O)c(C(=O)CC(C)=O)c(Cl)c1C(N)=O. The van der Waals surface area contributed by atoms with Gasteiger partial charge in [0.25, 0.3) is 11.8 Å². The van der Waals surface area contributed by atoms with Crippen LogP contribution in [0.3, 0.4) is 0 Å². The Hall–Kier alpha value is -2.58. The molecule has 4 N–H and O–H groups in total. The highest BCUT2D eigenvalue weighted by molar-refractivity contribution is 6.44. The summed E-state index contributed by atoms with van der Waals surface area (Å²) in [5.41, 5.74) is 8.07. The summed E-state index contributed by atoms with van der Waals surface area (Å²) in [4.78, 5) is 70.7. The molecule has 138 valence electrons. The van der Waals surface area contributed by atoms with Crippen LogP contribution in [0.5, 0.6) is 0 Å². The minimum Gasteiger partial charge on any atom is -0.366 e. The number of rotatable bonds is 8. The Kier molecular flexibility index (Phi) is 6.77. The molecule has 0 saturated heterocycles. The molecule has 0 aliphatic rings. The van der Waals surface area contributed by atoms with E-state index in [-0.39, 0.29) is 0 Å². The summed E-state index contributed by atoms with van der Waals surface area (Å²) in [5, 5.41) is -1.26. The molecule has 0 fully saturated rings. The van der Waals surface area contributed by atoms with Crippen LogP contribution in [-0.2, 0) is 9.59 Å². The average molecular weight is 401 g/mol. The smallest absolute Gasteiger partial charge is 0.251 e. The van der Waals surface area contributed by atoms with Gasteiger partial charge in [-0.1, -0.05) is 23.2 Å². The molecule has 26 heavy (non-hydrogen) atoms. The van der Waals surface area contributed by atoms with Crippen molar-refractivity contribution in [2.24, 2.45) is 11.5 Å². The summed E-state index contributed by atoms with van der Waals surface area (Å²) >= 11 is 12.1. The minimum absolute atomic E-state index is 0.546. The molecule has 0 heterocycles. The standard InChI is InChI=1S/C16H14Cl2N2O6/c1-5(21)3-7(23)9-11(15(19)25)14(18)10(8(24)4-6(2)22)12(13(9)17)16(20)26/h3-4H2,1-2H3,(H2,19,25)(H2,20,26). The number of carbonyl (C=O) groups is 6. The van der Waals surface area contributed by atoms with Gasteiger partial charge in [-0.3, -0.25) is 28.8 Å². The van der Waals surface area contributed by atoms with Gasteiger partial charge in [0.1, 0.15) is 11.6 Å². The van der Waals surface area contributed by atoms with E-state index in [9.17, 15) is 28.8 Å². The van der Waals surface area contributed by atoms with Gasteiger partial charge in [-0.25, -0.2) is 0 Å². The van der Waals surface area contributed by atoms with Gasteiger partial charge >= 0.3 is 0 Å². The third-order valence-electron chi connectivity index (χ3n) is 3.25. The second-order valence-corrected chi connectivity index (χ2v) is 6.22. The van der Waals surface area contributed by atoms with Crippen molar-refractivity contribution in [1.82, 2.24) is 0 Å². The third kappa shape index (κ3) is 4.33. The molecule has 0 bridgehead atoms. The molecule has 1 aromatic carbocycles. The highest BCUT2D eigenvalue weighted by Gasteiger charge is 2.33. The van der Waals surface area contributed by atoms with E-state index in [1.54, 1.807) is 0 Å². The first-order valence-electron chi connectivity index (χ1n) is 7.09. The van der Waals surface area contributed by atoms with Gasteiger partial charge in [-0.2, -0.15) is 0 Å². The van der Waals surface area contributed by atoms with Gasteiger partial charge in [0.05, 0.1) is 45.1 Å². The van der Waals surface area contributed by atoms with Gasteiger partial charge in [0.2, 0.25) is 0 Å². The van der Waals surface area contributed by atoms with Crippen LogP contribution in [0.4, 0.5) is 0 Å². The van der Waals surface area contributed by atoms with E-state index in [4.69, 9.17) is 34.7 Å². The number of Topliss-reactive ketones (excluding diaryl/α,β-unsaturated/α-hetero) is 4. The lowest BCUT2D eigenvalue weighted by Crippen LogP contribution is -2.25. The van der Waals surface area contributed by atoms with Crippen molar-refractivity contribution in [1.29, 1.82) is 0 Å². The summed E-state index contributed by atoms with van der Waals surface area (Å²) in [5.74, 6) is -5.36. The second-order valence-electron chi connectivity index (χ2n) is 5.46. The molecule has 0 aliphatic carbocycles. The molecule has 0 saturated carbocycles. The number of benzene rings is 1. The molecular weight excluding hydrogens is 387 g/mol. The van der Waals surface area contributed by atoms with Crippen molar-refractivity contribution in [3.05, 3.63) is 32.3 Å². The number of nitrogens with two attached hydrogens (primary N) is 2. The lowest BCUT2D eigenvalue weighted by Gasteiger charge is -2.17. The molecule has 1 rings (SSSR count). The van der Waals surface area contributed by atoms with Gasteiger partial charge in [-0.05, 0) is 13.8 Å². The number of halogens is 2. The zero-order valence-electron chi connectivity index (χ0n) is 13.8. The monoisotopic (exact) mass is 400 g/mol. The number of hydrogen-bond acceptors (Lipinski definition) is 6. The number of carbonyl (C=O) groups excluding carboxylic acids is 6. The lowest BCUT2D eigenvalue weighted by atomic mass is 9.90. The molecule has 8 nitrogen and oxygen atoms in total. The van der Waals surface area contributed by atoms with Crippen molar-refractivity contribution in [3.8, 4) is 0 Å². The molecule has 0 spiro atoms.